The van der Waals surface area contributed by atoms with Crippen LogP contribution in [0.4, 0.5) is 5.69 Å². The molecule has 0 bridgehead atoms. The molecule has 0 radical (unpaired) electrons. The van der Waals surface area contributed by atoms with Crippen LogP contribution in [0.2, 0.25) is 5.02 Å². The van der Waals surface area contributed by atoms with Crippen LogP contribution in [0.3, 0.4) is 0 Å². The molecule has 1 N–H and O–H groups in total. The summed E-state index contributed by atoms with van der Waals surface area (Å²) in [5, 5.41) is 11.6. The molecular weight excluding hydrogens is 358 g/mol. The third-order valence-corrected chi connectivity index (χ3v) is 4.78. The predicted octanol–water partition coefficient (Wildman–Crippen LogP) is 4.74. The minimum Gasteiger partial charge on any atom is -0.411 e. The minimum atomic E-state index is -0.134. The Hall–Kier alpha value is -2.31. The number of aromatic nitrogens is 2. The average Bonchev–Trinajstić information content (AvgIpc) is 3.05. The van der Waals surface area contributed by atoms with Gasteiger partial charge < -0.3 is 9.73 Å². The normalized spacial score (nSPS) is 10.7. The van der Waals surface area contributed by atoms with E-state index in [0.717, 1.165) is 11.3 Å². The molecule has 0 saturated carbocycles. The first-order valence-electron chi connectivity index (χ1n) is 7.61. The lowest BCUT2D eigenvalue weighted by Gasteiger charge is -2.06. The molecular formula is C18H16ClN3O2S. The standard InChI is InChI=1S/C18H16ClN3O2S/c1-11-7-8-13(9-12(11)2)20-16(23)10-25-18-22-21-17(24-18)14-5-3-4-6-15(14)19/h3-9H,10H2,1-2H3,(H,20,23). The fraction of sp³-hybridized carbons (Fsp3) is 0.167. The minimum absolute atomic E-state index is 0.134. The third-order valence-electron chi connectivity index (χ3n) is 3.63. The molecule has 0 saturated heterocycles. The van der Waals surface area contributed by atoms with Gasteiger partial charge in [-0.2, -0.15) is 0 Å². The topological polar surface area (TPSA) is 68.0 Å². The number of rotatable bonds is 5. The zero-order valence-electron chi connectivity index (χ0n) is 13.7. The van der Waals surface area contributed by atoms with Crippen LogP contribution in [0.1, 0.15) is 11.1 Å². The Morgan fingerprint density at radius 3 is 2.72 bits per heavy atom. The number of hydrogen-bond donors (Lipinski definition) is 1. The number of nitrogens with zero attached hydrogens (tertiary/aromatic N) is 2. The van der Waals surface area contributed by atoms with Gasteiger partial charge in [-0.3, -0.25) is 4.79 Å². The third kappa shape index (κ3) is 4.41. The molecule has 3 aromatic rings. The zero-order chi connectivity index (χ0) is 17.8. The second-order valence-electron chi connectivity index (χ2n) is 5.49. The van der Waals surface area contributed by atoms with Crippen molar-refractivity contribution in [1.82, 2.24) is 10.2 Å². The van der Waals surface area contributed by atoms with Crippen molar-refractivity contribution < 1.29 is 9.21 Å². The number of nitrogens with one attached hydrogen (secondary N) is 1. The van der Waals surface area contributed by atoms with Crippen LogP contribution < -0.4 is 5.32 Å². The number of aryl methyl sites for hydroxylation is 2. The van der Waals surface area contributed by atoms with Crippen molar-refractivity contribution in [3.8, 4) is 11.5 Å². The molecule has 1 heterocycles. The smallest absolute Gasteiger partial charge is 0.277 e. The first-order chi connectivity index (χ1) is 12.0. The van der Waals surface area contributed by atoms with E-state index < -0.39 is 0 Å². The van der Waals surface area contributed by atoms with E-state index in [9.17, 15) is 4.79 Å². The number of benzene rings is 2. The summed E-state index contributed by atoms with van der Waals surface area (Å²) < 4.78 is 5.56. The number of thioether (sulfide) groups is 1. The lowest BCUT2D eigenvalue weighted by molar-refractivity contribution is -0.113. The van der Waals surface area contributed by atoms with Gasteiger partial charge in [0.05, 0.1) is 16.3 Å². The number of carbonyl (C=O) groups is 1. The van der Waals surface area contributed by atoms with Crippen molar-refractivity contribution in [1.29, 1.82) is 0 Å². The number of amides is 1. The van der Waals surface area contributed by atoms with Gasteiger partial charge >= 0.3 is 0 Å². The maximum absolute atomic E-state index is 12.1. The Kier molecular flexibility index (Phi) is 5.40. The second-order valence-corrected chi connectivity index (χ2v) is 6.82. The fourth-order valence-electron chi connectivity index (χ4n) is 2.16. The summed E-state index contributed by atoms with van der Waals surface area (Å²) in [6.45, 7) is 4.04. The number of carbonyl (C=O) groups excluding carboxylic acids is 1. The van der Waals surface area contributed by atoms with Gasteiger partial charge in [-0.1, -0.05) is 41.6 Å². The van der Waals surface area contributed by atoms with E-state index in [0.29, 0.717) is 21.7 Å². The molecule has 0 aliphatic carbocycles. The van der Waals surface area contributed by atoms with Gasteiger partial charge in [0.25, 0.3) is 5.22 Å². The van der Waals surface area contributed by atoms with Gasteiger partial charge in [0.1, 0.15) is 0 Å². The van der Waals surface area contributed by atoms with Crippen molar-refractivity contribution in [2.24, 2.45) is 0 Å². The van der Waals surface area contributed by atoms with E-state index in [-0.39, 0.29) is 11.7 Å². The number of halogens is 1. The quantitative estimate of drug-likeness (QED) is 0.654. The fourth-order valence-corrected chi connectivity index (χ4v) is 2.93. The molecule has 7 heteroatoms. The molecule has 128 valence electrons. The van der Waals surface area contributed by atoms with Crippen molar-refractivity contribution in [2.45, 2.75) is 19.1 Å². The summed E-state index contributed by atoms with van der Waals surface area (Å²) in [6, 6.07) is 13.0. The Morgan fingerprint density at radius 1 is 1.16 bits per heavy atom. The van der Waals surface area contributed by atoms with Gasteiger partial charge in [0.2, 0.25) is 11.8 Å². The van der Waals surface area contributed by atoms with Crippen LogP contribution in [0.25, 0.3) is 11.5 Å². The van der Waals surface area contributed by atoms with Crippen LogP contribution in [0.5, 0.6) is 0 Å². The molecule has 0 aliphatic rings. The lowest BCUT2D eigenvalue weighted by Crippen LogP contribution is -2.14. The Bertz CT molecular complexity index is 911. The molecule has 25 heavy (non-hydrogen) atoms. The van der Waals surface area contributed by atoms with Gasteiger partial charge in [0.15, 0.2) is 0 Å². The summed E-state index contributed by atoms with van der Waals surface area (Å²) in [7, 11) is 0. The van der Waals surface area contributed by atoms with Crippen molar-refractivity contribution in [3.05, 3.63) is 58.6 Å². The summed E-state index contributed by atoms with van der Waals surface area (Å²) in [5.74, 6) is 0.380. The average molecular weight is 374 g/mol. The van der Waals surface area contributed by atoms with E-state index in [1.165, 1.54) is 17.3 Å². The van der Waals surface area contributed by atoms with E-state index in [1.807, 2.05) is 44.2 Å². The zero-order valence-corrected chi connectivity index (χ0v) is 15.3. The molecule has 5 nitrogen and oxygen atoms in total. The number of anilines is 1. The highest BCUT2D eigenvalue weighted by atomic mass is 35.5. The van der Waals surface area contributed by atoms with Gasteiger partial charge in [-0.05, 0) is 49.2 Å². The SMILES string of the molecule is Cc1ccc(NC(=O)CSc2nnc(-c3ccccc3Cl)o2)cc1C. The van der Waals surface area contributed by atoms with Crippen molar-refractivity contribution in [3.63, 3.8) is 0 Å². The van der Waals surface area contributed by atoms with Crippen LogP contribution in [0.15, 0.2) is 52.1 Å². The highest BCUT2D eigenvalue weighted by Gasteiger charge is 2.13. The highest BCUT2D eigenvalue weighted by Crippen LogP contribution is 2.28. The summed E-state index contributed by atoms with van der Waals surface area (Å²) >= 11 is 7.29. The molecule has 1 aromatic heterocycles. The van der Waals surface area contributed by atoms with Crippen LogP contribution in [0, 0.1) is 13.8 Å². The van der Waals surface area contributed by atoms with E-state index in [4.69, 9.17) is 16.0 Å². The van der Waals surface area contributed by atoms with Crippen LogP contribution in [-0.2, 0) is 4.79 Å². The molecule has 1 amide bonds. The lowest BCUT2D eigenvalue weighted by atomic mass is 10.1. The summed E-state index contributed by atoms with van der Waals surface area (Å²) in [5.41, 5.74) is 3.76. The van der Waals surface area contributed by atoms with Crippen LogP contribution in [-0.4, -0.2) is 21.9 Å². The highest BCUT2D eigenvalue weighted by molar-refractivity contribution is 7.99. The summed E-state index contributed by atoms with van der Waals surface area (Å²) in [6.07, 6.45) is 0. The Morgan fingerprint density at radius 2 is 1.96 bits per heavy atom. The monoisotopic (exact) mass is 373 g/mol. The first kappa shape index (κ1) is 17.5. The summed E-state index contributed by atoms with van der Waals surface area (Å²) in [4.78, 5) is 12.1. The molecule has 0 fully saturated rings. The molecule has 0 spiro atoms. The molecule has 2 aromatic carbocycles. The van der Waals surface area contributed by atoms with E-state index >= 15 is 0 Å². The van der Waals surface area contributed by atoms with Gasteiger partial charge in [-0.15, -0.1) is 10.2 Å². The second kappa shape index (κ2) is 7.72. The Labute approximate surface area is 154 Å². The predicted molar refractivity (Wildman–Crippen MR) is 100 cm³/mol. The maximum atomic E-state index is 12.1. The molecule has 3 rings (SSSR count). The van der Waals surface area contributed by atoms with Crippen molar-refractivity contribution >= 4 is 35.0 Å². The molecule has 0 unspecified atom stereocenters. The Balaban J connectivity index is 1.59. The van der Waals surface area contributed by atoms with E-state index in [2.05, 4.69) is 15.5 Å². The number of hydrogen-bond acceptors (Lipinski definition) is 5. The molecule has 0 aliphatic heterocycles. The van der Waals surface area contributed by atoms with Crippen molar-refractivity contribution in [2.75, 3.05) is 11.1 Å². The largest absolute Gasteiger partial charge is 0.411 e. The molecule has 0 atom stereocenters. The van der Waals surface area contributed by atoms with Gasteiger partial charge in [-0.25, -0.2) is 0 Å². The van der Waals surface area contributed by atoms with Gasteiger partial charge in [0, 0.05) is 5.69 Å². The first-order valence-corrected chi connectivity index (χ1v) is 8.97. The van der Waals surface area contributed by atoms with E-state index in [1.54, 1.807) is 12.1 Å². The maximum Gasteiger partial charge on any atom is 0.277 e. The van der Waals surface area contributed by atoms with Crippen LogP contribution >= 0.6 is 23.4 Å².